The summed E-state index contributed by atoms with van der Waals surface area (Å²) in [6.07, 6.45) is -4.20. The predicted octanol–water partition coefficient (Wildman–Crippen LogP) is 1.34. The smallest absolute Gasteiger partial charge is 0.394 e. The quantitative estimate of drug-likeness (QED) is 0.666. The molecule has 1 saturated heterocycles. The van der Waals surface area contributed by atoms with Crippen LogP contribution >= 0.6 is 0 Å². The average Bonchev–Trinajstić information content (AvgIpc) is 2.03. The van der Waals surface area contributed by atoms with Crippen LogP contribution in [-0.4, -0.2) is 30.6 Å². The van der Waals surface area contributed by atoms with Crippen LogP contribution < -0.4 is 0 Å². The summed E-state index contributed by atoms with van der Waals surface area (Å²) >= 11 is 0. The van der Waals surface area contributed by atoms with E-state index in [1.807, 2.05) is 0 Å². The molecule has 0 bridgehead atoms. The first-order valence-electron chi connectivity index (χ1n) is 3.83. The molecule has 0 aromatic carbocycles. The molecule has 2 nitrogen and oxygen atoms in total. The molecule has 1 aliphatic heterocycles. The summed E-state index contributed by atoms with van der Waals surface area (Å²) in [6.45, 7) is -0.501. The third kappa shape index (κ3) is 2.35. The van der Waals surface area contributed by atoms with Gasteiger partial charge in [0.15, 0.2) is 0 Å². The average molecular weight is 184 g/mol. The lowest BCUT2D eigenvalue weighted by atomic mass is 9.98. The number of hydrogen-bond donors (Lipinski definition) is 1. The van der Waals surface area contributed by atoms with Gasteiger partial charge in [0.1, 0.15) is 0 Å². The molecule has 0 saturated carbocycles. The molecular weight excluding hydrogens is 173 g/mol. The number of hydrogen-bond acceptors (Lipinski definition) is 2. The van der Waals surface area contributed by atoms with Gasteiger partial charge in [-0.15, -0.1) is 0 Å². The second kappa shape index (κ2) is 3.62. The Morgan fingerprint density at radius 1 is 1.33 bits per heavy atom. The molecular formula is C7H11F3O2. The van der Waals surface area contributed by atoms with Crippen LogP contribution in [0, 0.1) is 5.92 Å². The van der Waals surface area contributed by atoms with E-state index in [4.69, 9.17) is 9.84 Å². The van der Waals surface area contributed by atoms with E-state index in [9.17, 15) is 13.2 Å². The van der Waals surface area contributed by atoms with E-state index < -0.39 is 18.2 Å². The molecule has 72 valence electrons. The normalized spacial score (nSPS) is 32.0. The zero-order valence-corrected chi connectivity index (χ0v) is 6.47. The molecule has 1 fully saturated rings. The van der Waals surface area contributed by atoms with Gasteiger partial charge < -0.3 is 9.84 Å². The third-order valence-electron chi connectivity index (χ3n) is 2.04. The molecule has 0 amide bonds. The number of ether oxygens (including phenoxy) is 1. The molecule has 0 spiro atoms. The molecule has 5 heteroatoms. The van der Waals surface area contributed by atoms with Crippen molar-refractivity contribution in [2.24, 2.45) is 5.92 Å². The van der Waals surface area contributed by atoms with E-state index in [1.54, 1.807) is 0 Å². The van der Waals surface area contributed by atoms with E-state index in [0.717, 1.165) is 0 Å². The maximum absolute atomic E-state index is 12.0. The van der Waals surface area contributed by atoms with E-state index in [1.165, 1.54) is 0 Å². The number of aliphatic hydroxyl groups excluding tert-OH is 1. The standard InChI is InChI=1S/C7H11F3O2/c8-7(9,10)5-1-2-6(3-11)12-4-5/h5-6,11H,1-4H2/t5-,6+/m1/s1. The Morgan fingerprint density at radius 3 is 2.33 bits per heavy atom. The van der Waals surface area contributed by atoms with Gasteiger partial charge >= 0.3 is 6.18 Å². The molecule has 0 unspecified atom stereocenters. The number of aliphatic hydroxyl groups is 1. The Bertz CT molecular complexity index is 138. The highest BCUT2D eigenvalue weighted by atomic mass is 19.4. The van der Waals surface area contributed by atoms with E-state index >= 15 is 0 Å². The third-order valence-corrected chi connectivity index (χ3v) is 2.04. The van der Waals surface area contributed by atoms with Gasteiger partial charge in [0, 0.05) is 0 Å². The summed E-state index contributed by atoms with van der Waals surface area (Å²) in [5, 5.41) is 8.57. The monoisotopic (exact) mass is 184 g/mol. The van der Waals surface area contributed by atoms with Crippen LogP contribution in [0.1, 0.15) is 12.8 Å². The highest BCUT2D eigenvalue weighted by Gasteiger charge is 2.41. The van der Waals surface area contributed by atoms with Gasteiger partial charge in [-0.3, -0.25) is 0 Å². The minimum Gasteiger partial charge on any atom is -0.394 e. The summed E-state index contributed by atoms with van der Waals surface area (Å²) in [6, 6.07) is 0. The maximum Gasteiger partial charge on any atom is 0.394 e. The van der Waals surface area contributed by atoms with Crippen molar-refractivity contribution in [3.05, 3.63) is 0 Å². The molecule has 12 heavy (non-hydrogen) atoms. The van der Waals surface area contributed by atoms with Crippen molar-refractivity contribution >= 4 is 0 Å². The van der Waals surface area contributed by atoms with Crippen LogP contribution in [0.4, 0.5) is 13.2 Å². The van der Waals surface area contributed by atoms with Crippen LogP contribution in [0.3, 0.4) is 0 Å². The topological polar surface area (TPSA) is 29.5 Å². The first-order chi connectivity index (χ1) is 5.54. The predicted molar refractivity (Wildman–Crippen MR) is 35.6 cm³/mol. The van der Waals surface area contributed by atoms with E-state index in [0.29, 0.717) is 6.42 Å². The van der Waals surface area contributed by atoms with Crippen molar-refractivity contribution in [2.45, 2.75) is 25.1 Å². The molecule has 0 aromatic rings. The SMILES string of the molecule is OC[C@@H]1CC[C@@H](C(F)(F)F)CO1. The van der Waals surface area contributed by atoms with Gasteiger partial charge in [0.05, 0.1) is 25.2 Å². The van der Waals surface area contributed by atoms with Gasteiger partial charge in [-0.25, -0.2) is 0 Å². The van der Waals surface area contributed by atoms with Crippen molar-refractivity contribution in [2.75, 3.05) is 13.2 Å². The van der Waals surface area contributed by atoms with Crippen molar-refractivity contribution < 1.29 is 23.0 Å². The second-order valence-corrected chi connectivity index (χ2v) is 2.95. The van der Waals surface area contributed by atoms with Crippen LogP contribution in [0.25, 0.3) is 0 Å². The van der Waals surface area contributed by atoms with Crippen molar-refractivity contribution in [1.82, 2.24) is 0 Å². The Hall–Kier alpha value is -0.290. The summed E-state index contributed by atoms with van der Waals surface area (Å²) in [7, 11) is 0. The largest absolute Gasteiger partial charge is 0.394 e. The highest BCUT2D eigenvalue weighted by Crippen LogP contribution is 2.33. The lowest BCUT2D eigenvalue weighted by Crippen LogP contribution is -2.36. The highest BCUT2D eigenvalue weighted by molar-refractivity contribution is 4.74. The van der Waals surface area contributed by atoms with Crippen molar-refractivity contribution in [1.29, 1.82) is 0 Å². The molecule has 1 rings (SSSR count). The summed E-state index contributed by atoms with van der Waals surface area (Å²) in [5.41, 5.74) is 0. The van der Waals surface area contributed by atoms with Crippen LogP contribution in [-0.2, 0) is 4.74 Å². The zero-order valence-electron chi connectivity index (χ0n) is 6.47. The van der Waals surface area contributed by atoms with Gasteiger partial charge in [0.25, 0.3) is 0 Å². The second-order valence-electron chi connectivity index (χ2n) is 2.95. The molecule has 0 aliphatic carbocycles. The first kappa shape index (κ1) is 9.80. The Labute approximate surface area is 68.3 Å². The van der Waals surface area contributed by atoms with Gasteiger partial charge in [-0.05, 0) is 12.8 Å². The van der Waals surface area contributed by atoms with Gasteiger partial charge in [-0.1, -0.05) is 0 Å². The summed E-state index contributed by atoms with van der Waals surface area (Å²) < 4.78 is 40.9. The first-order valence-corrected chi connectivity index (χ1v) is 3.83. The number of alkyl halides is 3. The lowest BCUT2D eigenvalue weighted by Gasteiger charge is -2.29. The van der Waals surface area contributed by atoms with Crippen LogP contribution in [0.15, 0.2) is 0 Å². The zero-order chi connectivity index (χ0) is 9.19. The fraction of sp³-hybridized carbons (Fsp3) is 1.00. The Morgan fingerprint density at radius 2 is 2.00 bits per heavy atom. The molecule has 0 aromatic heterocycles. The summed E-state index contributed by atoms with van der Waals surface area (Å²) in [4.78, 5) is 0. The number of halogens is 3. The maximum atomic E-state index is 12.0. The molecule has 0 radical (unpaired) electrons. The number of rotatable bonds is 1. The fourth-order valence-electron chi connectivity index (χ4n) is 1.21. The lowest BCUT2D eigenvalue weighted by molar-refractivity contribution is -0.210. The Kier molecular flexibility index (Phi) is 2.95. The molecule has 1 N–H and O–H groups in total. The fourth-order valence-corrected chi connectivity index (χ4v) is 1.21. The molecule has 2 atom stereocenters. The van der Waals surface area contributed by atoms with Crippen molar-refractivity contribution in [3.63, 3.8) is 0 Å². The summed E-state index contributed by atoms with van der Waals surface area (Å²) in [5.74, 6) is -1.35. The van der Waals surface area contributed by atoms with E-state index in [2.05, 4.69) is 0 Å². The minimum absolute atomic E-state index is 0.0642. The van der Waals surface area contributed by atoms with Crippen molar-refractivity contribution in [3.8, 4) is 0 Å². The van der Waals surface area contributed by atoms with Crippen LogP contribution in [0.2, 0.25) is 0 Å². The molecule has 1 heterocycles. The Balaban J connectivity index is 2.36. The minimum atomic E-state index is -4.15. The van der Waals surface area contributed by atoms with Gasteiger partial charge in [0.2, 0.25) is 0 Å². The van der Waals surface area contributed by atoms with E-state index in [-0.39, 0.29) is 19.6 Å². The van der Waals surface area contributed by atoms with Crippen LogP contribution in [0.5, 0.6) is 0 Å². The van der Waals surface area contributed by atoms with Gasteiger partial charge in [-0.2, -0.15) is 13.2 Å². The molecule has 1 aliphatic rings.